The topological polar surface area (TPSA) is 117 Å². The number of benzene rings is 4. The fourth-order valence-electron chi connectivity index (χ4n) is 5.94. The van der Waals surface area contributed by atoms with E-state index in [1.165, 1.54) is 6.26 Å². The number of nitrogens with zero attached hydrogens (tertiary/aromatic N) is 2. The van der Waals surface area contributed by atoms with Gasteiger partial charge in [-0.15, -0.1) is 0 Å². The Balaban J connectivity index is 1.22. The van der Waals surface area contributed by atoms with E-state index in [0.29, 0.717) is 17.9 Å². The number of para-hydroxylation sites is 1. The summed E-state index contributed by atoms with van der Waals surface area (Å²) in [6.45, 7) is 0. The molecule has 0 aliphatic heterocycles. The summed E-state index contributed by atoms with van der Waals surface area (Å²) in [6.07, 6.45) is 5.63. The van der Waals surface area contributed by atoms with E-state index in [0.717, 1.165) is 55.2 Å². The van der Waals surface area contributed by atoms with Crippen LogP contribution in [0.2, 0.25) is 0 Å². The van der Waals surface area contributed by atoms with Gasteiger partial charge >= 0.3 is 0 Å². The van der Waals surface area contributed by atoms with Crippen LogP contribution in [-0.2, 0) is 37.5 Å². The lowest BCUT2D eigenvalue weighted by Gasteiger charge is -2.13. The van der Waals surface area contributed by atoms with Crippen molar-refractivity contribution in [2.24, 2.45) is 0 Å². The average molecular weight is 666 g/mol. The highest BCUT2D eigenvalue weighted by Crippen LogP contribution is 2.36. The lowest BCUT2D eigenvalue weighted by molar-refractivity contribution is -0.650. The van der Waals surface area contributed by atoms with Crippen molar-refractivity contribution in [2.45, 2.75) is 18.1 Å². The Morgan fingerprint density at radius 2 is 1.47 bits per heavy atom. The Kier molecular flexibility index (Phi) is 8.98. The third-order valence-corrected chi connectivity index (χ3v) is 10.6. The van der Waals surface area contributed by atoms with Crippen molar-refractivity contribution in [1.82, 2.24) is 4.98 Å². The molecule has 2 heterocycles. The van der Waals surface area contributed by atoms with Crippen LogP contribution in [-0.4, -0.2) is 39.6 Å². The molecule has 0 radical (unpaired) electrons. The highest BCUT2D eigenvalue weighted by Gasteiger charge is 2.20. The normalized spacial score (nSPS) is 14.0. The van der Waals surface area contributed by atoms with Crippen LogP contribution in [0.4, 0.5) is 0 Å². The van der Waals surface area contributed by atoms with Crippen molar-refractivity contribution in [3.63, 3.8) is 0 Å². The van der Waals surface area contributed by atoms with E-state index in [1.54, 1.807) is 20.4 Å². The third kappa shape index (κ3) is 7.29. The SMILES string of the molecule is COc1cc2nccc(-c3cccc(CCS(=N)(=O)C[n+]4ccc(-c5ccc(CS(C)(=N)=O)cc5)c5ccccc54)c3)c2cc1OC. The van der Waals surface area contributed by atoms with Gasteiger partial charge in [0.1, 0.15) is 9.73 Å². The first-order chi connectivity index (χ1) is 22.5. The Morgan fingerprint density at radius 1 is 0.745 bits per heavy atom. The zero-order chi connectivity index (χ0) is 33.2. The lowest BCUT2D eigenvalue weighted by Crippen LogP contribution is -2.39. The van der Waals surface area contributed by atoms with Gasteiger partial charge in [0.2, 0.25) is 11.4 Å². The minimum atomic E-state index is -2.98. The van der Waals surface area contributed by atoms with Gasteiger partial charge in [0.05, 0.1) is 30.9 Å². The Hall–Kier alpha value is -4.80. The second-order valence-electron chi connectivity index (χ2n) is 11.7. The highest BCUT2D eigenvalue weighted by atomic mass is 32.2. The third-order valence-electron chi connectivity index (χ3n) is 8.18. The summed E-state index contributed by atoms with van der Waals surface area (Å²) in [5.41, 5.74) is 7.58. The standard InChI is InChI=1S/C37H37N4O4S2/c1-44-36-22-33-30(15-18-40-34(33)23-37(36)45-2)29-8-6-7-26(21-29)17-20-47(39,43)25-41-19-16-31(32-9-4-5-10-35(32)41)28-13-11-27(12-14-28)24-46(3,38)42/h4-16,18-19,21-23,38-39H,17,20,24-25H2,1-3H3/q+1. The van der Waals surface area contributed by atoms with Gasteiger partial charge in [-0.2, -0.15) is 4.57 Å². The van der Waals surface area contributed by atoms with Crippen molar-refractivity contribution in [1.29, 1.82) is 9.56 Å². The number of ether oxygens (including phenoxy) is 2. The molecule has 4 aromatic carbocycles. The number of methoxy groups -OCH3 is 2. The molecule has 2 aromatic heterocycles. The van der Waals surface area contributed by atoms with Crippen LogP contribution in [0.5, 0.6) is 11.5 Å². The fourth-order valence-corrected chi connectivity index (χ4v) is 8.14. The first-order valence-electron chi connectivity index (χ1n) is 15.1. The van der Waals surface area contributed by atoms with Gasteiger partial charge in [0.15, 0.2) is 17.7 Å². The summed E-state index contributed by atoms with van der Waals surface area (Å²) in [6, 6.07) is 31.6. The molecule has 6 rings (SSSR count). The van der Waals surface area contributed by atoms with E-state index in [1.807, 2.05) is 102 Å². The molecule has 8 nitrogen and oxygen atoms in total. The largest absolute Gasteiger partial charge is 0.493 e. The van der Waals surface area contributed by atoms with Crippen molar-refractivity contribution < 1.29 is 22.5 Å². The molecule has 0 aliphatic carbocycles. The van der Waals surface area contributed by atoms with Gasteiger partial charge in [0.25, 0.3) is 0 Å². The number of hydrogen-bond donors (Lipinski definition) is 2. The number of pyridine rings is 2. The monoisotopic (exact) mass is 665 g/mol. The summed E-state index contributed by atoms with van der Waals surface area (Å²) in [5.74, 6) is 1.77. The maximum atomic E-state index is 13.7. The predicted molar refractivity (Wildman–Crippen MR) is 190 cm³/mol. The molecule has 0 spiro atoms. The predicted octanol–water partition coefficient (Wildman–Crippen LogP) is 7.45. The average Bonchev–Trinajstić information content (AvgIpc) is 3.06. The van der Waals surface area contributed by atoms with Crippen LogP contribution in [0, 0.1) is 9.56 Å². The smallest absolute Gasteiger partial charge is 0.230 e. The summed E-state index contributed by atoms with van der Waals surface area (Å²) >= 11 is 0. The Morgan fingerprint density at radius 3 is 2.21 bits per heavy atom. The Labute approximate surface area is 276 Å². The molecule has 6 aromatic rings. The number of aryl methyl sites for hydroxylation is 1. The van der Waals surface area contributed by atoms with Gasteiger partial charge in [-0.05, 0) is 52.4 Å². The molecule has 0 bridgehead atoms. The molecular formula is C37H37N4O4S2+. The molecule has 0 fully saturated rings. The molecule has 2 N–H and O–H groups in total. The number of fused-ring (bicyclic) bond motifs is 2. The molecule has 0 saturated carbocycles. The van der Waals surface area contributed by atoms with Crippen molar-refractivity contribution in [2.75, 3.05) is 26.2 Å². The number of rotatable bonds is 11. The summed E-state index contributed by atoms with van der Waals surface area (Å²) in [7, 11) is -2.38. The molecule has 47 heavy (non-hydrogen) atoms. The van der Waals surface area contributed by atoms with Crippen molar-refractivity contribution in [3.8, 4) is 33.8 Å². The van der Waals surface area contributed by atoms with E-state index >= 15 is 0 Å². The van der Waals surface area contributed by atoms with E-state index in [-0.39, 0.29) is 17.4 Å². The highest BCUT2D eigenvalue weighted by molar-refractivity contribution is 7.91. The van der Waals surface area contributed by atoms with E-state index in [2.05, 4.69) is 11.1 Å². The zero-order valence-electron chi connectivity index (χ0n) is 26.6. The van der Waals surface area contributed by atoms with Crippen LogP contribution >= 0.6 is 0 Å². The molecule has 0 aliphatic rings. The van der Waals surface area contributed by atoms with Gasteiger partial charge in [0, 0.05) is 57.1 Å². The van der Waals surface area contributed by atoms with Crippen LogP contribution in [0.15, 0.2) is 109 Å². The first kappa shape index (κ1) is 32.2. The minimum absolute atomic E-state index is 0.0808. The van der Waals surface area contributed by atoms with Gasteiger partial charge < -0.3 is 9.47 Å². The van der Waals surface area contributed by atoms with Gasteiger partial charge in [-0.1, -0.05) is 60.7 Å². The maximum absolute atomic E-state index is 13.7. The molecule has 240 valence electrons. The first-order valence-corrected chi connectivity index (χ1v) is 19.1. The number of hydrogen-bond acceptors (Lipinski definition) is 7. The lowest BCUT2D eigenvalue weighted by atomic mass is 9.98. The second-order valence-corrected chi connectivity index (χ2v) is 16.3. The molecular weight excluding hydrogens is 629 g/mol. The van der Waals surface area contributed by atoms with Crippen molar-refractivity contribution in [3.05, 3.63) is 121 Å². The van der Waals surface area contributed by atoms with Crippen molar-refractivity contribution >= 4 is 41.3 Å². The van der Waals surface area contributed by atoms with Crippen LogP contribution in [0.25, 0.3) is 44.1 Å². The number of nitrogens with one attached hydrogen (secondary N) is 2. The van der Waals surface area contributed by atoms with Crippen LogP contribution in [0.1, 0.15) is 11.1 Å². The van der Waals surface area contributed by atoms with Gasteiger partial charge in [-0.3, -0.25) is 9.76 Å². The maximum Gasteiger partial charge on any atom is 0.230 e. The van der Waals surface area contributed by atoms with Crippen LogP contribution in [0.3, 0.4) is 0 Å². The van der Waals surface area contributed by atoms with E-state index in [9.17, 15) is 8.42 Å². The van der Waals surface area contributed by atoms with E-state index < -0.39 is 19.5 Å². The second kappa shape index (κ2) is 13.1. The van der Waals surface area contributed by atoms with E-state index in [4.69, 9.17) is 19.0 Å². The molecule has 0 amide bonds. The van der Waals surface area contributed by atoms with Gasteiger partial charge in [-0.25, -0.2) is 13.2 Å². The summed E-state index contributed by atoms with van der Waals surface area (Å²) in [4.78, 5) is 4.52. The van der Waals surface area contributed by atoms with Crippen LogP contribution < -0.4 is 14.0 Å². The molecule has 2 unspecified atom stereocenters. The summed E-state index contributed by atoms with van der Waals surface area (Å²) in [5, 5.41) is 1.93. The zero-order valence-corrected chi connectivity index (χ0v) is 28.2. The molecule has 2 atom stereocenters. The number of aromatic nitrogens is 2. The molecule has 10 heteroatoms. The minimum Gasteiger partial charge on any atom is -0.493 e. The molecule has 0 saturated heterocycles. The fraction of sp³-hybridized carbons (Fsp3) is 0.189. The quantitative estimate of drug-likeness (QED) is 0.140. The summed E-state index contributed by atoms with van der Waals surface area (Å²) < 4.78 is 55.1. The Bertz CT molecular complexity index is 2320.